The van der Waals surface area contributed by atoms with E-state index in [1.807, 2.05) is 0 Å². The zero-order valence-electron chi connectivity index (χ0n) is 7.78. The van der Waals surface area contributed by atoms with Gasteiger partial charge >= 0.3 is 94.6 Å². The van der Waals surface area contributed by atoms with Crippen LogP contribution >= 0.6 is 12.6 Å². The Balaban J connectivity index is -0.0000000408. The van der Waals surface area contributed by atoms with E-state index in [1.165, 1.54) is 0 Å². The van der Waals surface area contributed by atoms with Crippen molar-refractivity contribution in [2.24, 2.45) is 5.73 Å². The minimum Gasteiger partial charge on any atom is -2.00 e. The largest absolute Gasteiger partial charge is 2.00 e. The van der Waals surface area contributed by atoms with Crippen LogP contribution in [0.4, 0.5) is 0 Å². The van der Waals surface area contributed by atoms with Crippen molar-refractivity contribution >= 4 is 32.1 Å². The maximum atomic E-state index is 9.93. The topological polar surface area (TPSA) is 63.3 Å². The summed E-state index contributed by atoms with van der Waals surface area (Å²) in [4.78, 5) is 9.93. The zero-order chi connectivity index (χ0) is 6.57. The van der Waals surface area contributed by atoms with E-state index in [0.29, 0.717) is 12.2 Å². The fraction of sp³-hybridized carbons (Fsp3) is 0.750. The molecule has 0 aliphatic heterocycles. The summed E-state index contributed by atoms with van der Waals surface area (Å²) in [6.45, 7) is 0. The molecule has 0 aliphatic rings. The van der Waals surface area contributed by atoms with Gasteiger partial charge < -0.3 is 24.3 Å². The number of carboxylic acid groups (broad SMARTS) is 1. The maximum Gasteiger partial charge on any atom is 1.00 e. The van der Waals surface area contributed by atoms with Gasteiger partial charge in [-0.2, -0.15) is 12.6 Å². The minimum absolute atomic E-state index is 0. The van der Waals surface area contributed by atoms with Gasteiger partial charge in [-0.15, -0.1) is 0 Å². The van der Waals surface area contributed by atoms with Crippen LogP contribution in [0.3, 0.4) is 0 Å². The van der Waals surface area contributed by atoms with E-state index in [4.69, 9.17) is 10.8 Å². The average Bonchev–Trinajstić information content (AvgIpc) is 1.67. The van der Waals surface area contributed by atoms with Crippen molar-refractivity contribution in [2.75, 3.05) is 5.75 Å². The maximum absolute atomic E-state index is 9.93. The molecule has 56 valence electrons. The molecule has 0 saturated heterocycles. The molecule has 0 amide bonds. The van der Waals surface area contributed by atoms with Crippen LogP contribution in [-0.4, -0.2) is 22.9 Å². The molecule has 0 rings (SSSR count). The Kier molecular flexibility index (Phi) is 48.2. The molecule has 0 aromatic carbocycles. The summed E-state index contributed by atoms with van der Waals surface area (Å²) in [5.41, 5.74) is 5.08. The molecule has 3 nitrogen and oxygen atoms in total. The van der Waals surface area contributed by atoms with Gasteiger partial charge in [-0.1, -0.05) is 0 Å². The van der Waals surface area contributed by atoms with Gasteiger partial charge in [0.05, 0.1) is 0 Å². The van der Waals surface area contributed by atoms with E-state index in [2.05, 4.69) is 12.6 Å². The van der Waals surface area contributed by atoms with Gasteiger partial charge in [0.1, 0.15) is 6.04 Å². The van der Waals surface area contributed by atoms with Gasteiger partial charge in [0.2, 0.25) is 0 Å². The second-order valence-corrected chi connectivity index (χ2v) is 1.90. The molecule has 1 atom stereocenters. The number of nitrogens with two attached hydrogens (primary N) is 1. The summed E-state index contributed by atoms with van der Waals surface area (Å²) in [6.07, 6.45) is 0.429. The van der Waals surface area contributed by atoms with Crippen molar-refractivity contribution in [1.82, 2.24) is 0 Å². The van der Waals surface area contributed by atoms with Crippen LogP contribution in [-0.2, 0) is 18.3 Å². The van der Waals surface area contributed by atoms with E-state index < -0.39 is 12.0 Å². The first-order chi connectivity index (χ1) is 3.68. The third-order valence-corrected chi connectivity index (χ3v) is 1.02. The predicted molar refractivity (Wildman–Crippen MR) is 41.4 cm³/mol. The first-order valence-corrected chi connectivity index (χ1v) is 2.91. The van der Waals surface area contributed by atoms with Gasteiger partial charge in [-0.3, -0.25) is 4.79 Å². The Morgan fingerprint density at radius 3 is 1.83 bits per heavy atom. The minimum atomic E-state index is -0.959. The van der Waals surface area contributed by atoms with Gasteiger partial charge in [0.25, 0.3) is 0 Å². The summed E-state index contributed by atoms with van der Waals surface area (Å²) in [5, 5.41) is 8.15. The standard InChI is InChI=1S/C4H9NO2S.3Na.S/c5-3(1-2-8)4(6)7;;;;/h3,8H,1-2,5H2,(H,6,7);;;;/q;3*+1;-2/t3-;;;;/m0..../s1. The van der Waals surface area contributed by atoms with Gasteiger partial charge in [-0.25, -0.2) is 0 Å². The van der Waals surface area contributed by atoms with Gasteiger partial charge in [-0.05, 0) is 12.2 Å². The smallest absolute Gasteiger partial charge is 1.00 e. The van der Waals surface area contributed by atoms with Crippen molar-refractivity contribution < 1.29 is 98.6 Å². The van der Waals surface area contributed by atoms with Gasteiger partial charge in [0.15, 0.2) is 0 Å². The first-order valence-electron chi connectivity index (χ1n) is 2.27. The Hall–Kier alpha value is 3.13. The van der Waals surface area contributed by atoms with Gasteiger partial charge in [0, 0.05) is 0 Å². The quantitative estimate of drug-likeness (QED) is 0.337. The van der Waals surface area contributed by atoms with Crippen LogP contribution < -0.4 is 94.4 Å². The molecule has 8 heteroatoms. The van der Waals surface area contributed by atoms with E-state index in [1.54, 1.807) is 0 Å². The molecule has 0 bridgehead atoms. The Morgan fingerprint density at radius 2 is 1.75 bits per heavy atom. The fourth-order valence-corrected chi connectivity index (χ4v) is 0.541. The van der Waals surface area contributed by atoms with Crippen LogP contribution in [0.1, 0.15) is 6.42 Å². The normalized spacial score (nSPS) is 8.83. The Bertz CT molecular complexity index is 98.4. The molecular formula is C4H9NNa3O2S2+. The van der Waals surface area contributed by atoms with Crippen LogP contribution in [0, 0.1) is 0 Å². The Labute approximate surface area is 152 Å². The molecule has 0 aromatic rings. The molecule has 12 heavy (non-hydrogen) atoms. The Morgan fingerprint density at radius 1 is 1.42 bits per heavy atom. The fourth-order valence-electron chi connectivity index (χ4n) is 0.263. The molecule has 0 fully saturated rings. The summed E-state index contributed by atoms with van der Waals surface area (Å²) in [6, 6.07) is -0.743. The van der Waals surface area contributed by atoms with Crippen molar-refractivity contribution in [3.05, 3.63) is 0 Å². The monoisotopic (exact) mass is 236 g/mol. The third kappa shape index (κ3) is 18.8. The number of thiol groups is 1. The van der Waals surface area contributed by atoms with Crippen LogP contribution in [0.2, 0.25) is 0 Å². The van der Waals surface area contributed by atoms with Crippen molar-refractivity contribution in [1.29, 1.82) is 0 Å². The molecular weight excluding hydrogens is 227 g/mol. The van der Waals surface area contributed by atoms with Crippen LogP contribution in [0.25, 0.3) is 0 Å². The zero-order valence-corrected chi connectivity index (χ0v) is 15.5. The summed E-state index contributed by atoms with van der Waals surface area (Å²) in [5.74, 6) is -0.438. The SMILES string of the molecule is N[C@@H](CCS)C(=O)O.[Na+].[Na+].[Na+].[S-2]. The molecule has 0 heterocycles. The third-order valence-electron chi connectivity index (χ3n) is 0.757. The molecule has 0 spiro atoms. The summed E-state index contributed by atoms with van der Waals surface area (Å²) < 4.78 is 0. The molecule has 0 aromatic heterocycles. The van der Waals surface area contributed by atoms with E-state index in [9.17, 15) is 4.79 Å². The average molecular weight is 236 g/mol. The predicted octanol–water partition coefficient (Wildman–Crippen LogP) is -9.27. The number of rotatable bonds is 3. The molecule has 0 unspecified atom stereocenters. The number of carboxylic acids is 1. The molecule has 3 N–H and O–H groups in total. The van der Waals surface area contributed by atoms with Crippen LogP contribution in [0.5, 0.6) is 0 Å². The molecule has 0 aliphatic carbocycles. The second kappa shape index (κ2) is 19.7. The number of aliphatic carboxylic acids is 1. The number of hydrogen-bond acceptors (Lipinski definition) is 3. The van der Waals surface area contributed by atoms with E-state index in [-0.39, 0.29) is 102 Å². The first kappa shape index (κ1) is 29.4. The molecule has 0 saturated carbocycles. The summed E-state index contributed by atoms with van der Waals surface area (Å²) in [7, 11) is 0. The second-order valence-electron chi connectivity index (χ2n) is 1.46. The van der Waals surface area contributed by atoms with Crippen molar-refractivity contribution in [3.8, 4) is 0 Å². The van der Waals surface area contributed by atoms with E-state index >= 15 is 0 Å². The van der Waals surface area contributed by atoms with E-state index in [0.717, 1.165) is 0 Å². The van der Waals surface area contributed by atoms with Crippen molar-refractivity contribution in [3.63, 3.8) is 0 Å². The number of carbonyl (C=O) groups is 1. The molecule has 0 radical (unpaired) electrons. The summed E-state index contributed by atoms with van der Waals surface area (Å²) >= 11 is 3.81. The number of hydrogen-bond donors (Lipinski definition) is 3. The van der Waals surface area contributed by atoms with Crippen LogP contribution in [0.15, 0.2) is 0 Å². The van der Waals surface area contributed by atoms with Crippen molar-refractivity contribution in [2.45, 2.75) is 12.5 Å².